The quantitative estimate of drug-likeness (QED) is 0.783. The lowest BCUT2D eigenvalue weighted by Crippen LogP contribution is -2.34. The minimum absolute atomic E-state index is 0.134. The third kappa shape index (κ3) is 2.57. The van der Waals surface area contributed by atoms with E-state index in [1.54, 1.807) is 0 Å². The second kappa shape index (κ2) is 5.69. The van der Waals surface area contributed by atoms with Crippen LogP contribution < -0.4 is 4.90 Å². The molecule has 0 radical (unpaired) electrons. The van der Waals surface area contributed by atoms with Gasteiger partial charge in [-0.3, -0.25) is 4.90 Å². The van der Waals surface area contributed by atoms with Crippen molar-refractivity contribution in [1.29, 1.82) is 0 Å². The van der Waals surface area contributed by atoms with Gasteiger partial charge in [0.25, 0.3) is 0 Å². The molecular weight excluding hydrogens is 290 g/mol. The van der Waals surface area contributed by atoms with Gasteiger partial charge in [-0.25, -0.2) is 0 Å². The van der Waals surface area contributed by atoms with Gasteiger partial charge in [-0.2, -0.15) is 5.11 Å². The van der Waals surface area contributed by atoms with E-state index in [4.69, 9.17) is 23.8 Å². The molecule has 0 saturated carbocycles. The summed E-state index contributed by atoms with van der Waals surface area (Å²) in [6.45, 7) is 0. The molecular formula is C15H12ClN3S. The van der Waals surface area contributed by atoms with Crippen LogP contribution in [0.25, 0.3) is 0 Å². The van der Waals surface area contributed by atoms with Gasteiger partial charge in [-0.05, 0) is 36.0 Å². The summed E-state index contributed by atoms with van der Waals surface area (Å²) >= 11 is 11.5. The molecule has 1 aliphatic rings. The molecule has 0 N–H and O–H groups in total. The number of hydrogen-bond acceptors (Lipinski definition) is 2. The Balaban J connectivity index is 1.87. The molecule has 3 rings (SSSR count). The number of halogens is 1. The van der Waals surface area contributed by atoms with Gasteiger partial charge in [0.15, 0.2) is 6.17 Å². The molecule has 0 aromatic heterocycles. The second-order valence-corrected chi connectivity index (χ2v) is 5.25. The highest BCUT2D eigenvalue weighted by atomic mass is 35.5. The molecule has 1 unspecified atom stereocenters. The van der Waals surface area contributed by atoms with Crippen LogP contribution >= 0.6 is 23.8 Å². The lowest BCUT2D eigenvalue weighted by molar-refractivity contribution is 0.700. The van der Waals surface area contributed by atoms with E-state index >= 15 is 0 Å². The molecule has 1 atom stereocenters. The molecule has 0 bridgehead atoms. The Labute approximate surface area is 127 Å². The van der Waals surface area contributed by atoms with E-state index in [0.717, 1.165) is 16.3 Å². The van der Waals surface area contributed by atoms with Gasteiger partial charge in [-0.1, -0.05) is 48.0 Å². The van der Waals surface area contributed by atoms with Crippen molar-refractivity contribution in [2.75, 3.05) is 4.90 Å². The average Bonchev–Trinajstić information content (AvgIpc) is 2.83. The molecule has 3 nitrogen and oxygen atoms in total. The lowest BCUT2D eigenvalue weighted by Gasteiger charge is -2.23. The Morgan fingerprint density at radius 1 is 1.05 bits per heavy atom. The average molecular weight is 302 g/mol. The summed E-state index contributed by atoms with van der Waals surface area (Å²) in [5, 5.41) is 9.54. The first-order valence-electron chi connectivity index (χ1n) is 6.28. The van der Waals surface area contributed by atoms with Crippen molar-refractivity contribution in [2.24, 2.45) is 10.2 Å². The van der Waals surface area contributed by atoms with E-state index in [2.05, 4.69) is 10.2 Å². The number of rotatable bonds is 3. The Morgan fingerprint density at radius 3 is 2.50 bits per heavy atom. The zero-order chi connectivity index (χ0) is 13.9. The summed E-state index contributed by atoms with van der Waals surface area (Å²) in [6.07, 6.45) is 0.544. The predicted molar refractivity (Wildman–Crippen MR) is 85.3 cm³/mol. The van der Waals surface area contributed by atoms with E-state index in [0.29, 0.717) is 11.5 Å². The van der Waals surface area contributed by atoms with E-state index in [-0.39, 0.29) is 6.17 Å². The van der Waals surface area contributed by atoms with Crippen LogP contribution in [0.4, 0.5) is 5.69 Å². The van der Waals surface area contributed by atoms with Crippen LogP contribution in [-0.4, -0.2) is 11.3 Å². The van der Waals surface area contributed by atoms with Crippen molar-refractivity contribution in [2.45, 2.75) is 12.6 Å². The maximum absolute atomic E-state index is 6.21. The van der Waals surface area contributed by atoms with Crippen LogP contribution in [-0.2, 0) is 6.42 Å². The summed E-state index contributed by atoms with van der Waals surface area (Å²) < 4.78 is 0. The van der Waals surface area contributed by atoms with Gasteiger partial charge >= 0.3 is 0 Å². The normalized spacial score (nSPS) is 17.8. The first kappa shape index (κ1) is 13.2. The van der Waals surface area contributed by atoms with Crippen LogP contribution in [0, 0.1) is 0 Å². The van der Waals surface area contributed by atoms with Gasteiger partial charge in [0, 0.05) is 17.1 Å². The van der Waals surface area contributed by atoms with Crippen molar-refractivity contribution in [1.82, 2.24) is 0 Å². The topological polar surface area (TPSA) is 28.0 Å². The lowest BCUT2D eigenvalue weighted by atomic mass is 10.1. The number of hydrogen-bond donors (Lipinski definition) is 0. The highest BCUT2D eigenvalue weighted by Gasteiger charge is 2.28. The van der Waals surface area contributed by atoms with Gasteiger partial charge in [0.05, 0.1) is 0 Å². The Hall–Kier alpha value is -1.78. The smallest absolute Gasteiger partial charge is 0.222 e. The van der Waals surface area contributed by atoms with Gasteiger partial charge in [-0.15, -0.1) is 5.11 Å². The first-order chi connectivity index (χ1) is 9.75. The summed E-state index contributed by atoms with van der Waals surface area (Å²) in [6, 6.07) is 17.7. The van der Waals surface area contributed by atoms with E-state index in [1.807, 2.05) is 59.5 Å². The molecule has 2 aromatic carbocycles. The molecule has 2 aromatic rings. The summed E-state index contributed by atoms with van der Waals surface area (Å²) in [5.41, 5.74) is 2.04. The first-order valence-corrected chi connectivity index (χ1v) is 7.07. The van der Waals surface area contributed by atoms with Gasteiger partial charge < -0.3 is 0 Å². The standard InChI is InChI=1S/C15H12ClN3S/c16-13-9-5-4-6-11(13)10-14-17-18-15(20)19(14)12-7-2-1-3-8-12/h1-9,14H,10H2. The Kier molecular flexibility index (Phi) is 3.76. The maximum Gasteiger partial charge on any atom is 0.222 e. The SMILES string of the molecule is S=C1N=NC(Cc2ccccc2Cl)N1c1ccccc1. The van der Waals surface area contributed by atoms with E-state index in [1.165, 1.54) is 0 Å². The molecule has 0 amide bonds. The van der Waals surface area contributed by atoms with Gasteiger partial charge in [0.1, 0.15) is 0 Å². The molecule has 5 heteroatoms. The molecule has 1 aliphatic heterocycles. The number of azo groups is 1. The highest BCUT2D eigenvalue weighted by Crippen LogP contribution is 2.27. The van der Waals surface area contributed by atoms with Crippen LogP contribution in [0.1, 0.15) is 5.56 Å². The Morgan fingerprint density at radius 2 is 1.75 bits per heavy atom. The van der Waals surface area contributed by atoms with Crippen LogP contribution in [0.2, 0.25) is 5.02 Å². The number of nitrogens with zero attached hydrogens (tertiary/aromatic N) is 3. The molecule has 100 valence electrons. The van der Waals surface area contributed by atoms with Gasteiger partial charge in [0.2, 0.25) is 5.11 Å². The molecule has 20 heavy (non-hydrogen) atoms. The highest BCUT2D eigenvalue weighted by molar-refractivity contribution is 7.80. The fourth-order valence-corrected chi connectivity index (χ4v) is 2.69. The summed E-state index contributed by atoms with van der Waals surface area (Å²) in [7, 11) is 0. The van der Waals surface area contributed by atoms with Crippen LogP contribution in [0.5, 0.6) is 0 Å². The molecule has 0 spiro atoms. The third-order valence-electron chi connectivity index (χ3n) is 3.18. The predicted octanol–water partition coefficient (Wildman–Crippen LogP) is 4.47. The second-order valence-electron chi connectivity index (χ2n) is 4.48. The molecule has 0 saturated heterocycles. The minimum atomic E-state index is -0.134. The van der Waals surface area contributed by atoms with Crippen molar-refractivity contribution in [3.8, 4) is 0 Å². The monoisotopic (exact) mass is 301 g/mol. The van der Waals surface area contributed by atoms with Crippen molar-refractivity contribution in [3.63, 3.8) is 0 Å². The van der Waals surface area contributed by atoms with Crippen LogP contribution in [0.3, 0.4) is 0 Å². The number of para-hydroxylation sites is 1. The number of anilines is 1. The molecule has 1 heterocycles. The summed E-state index contributed by atoms with van der Waals surface area (Å²) in [4.78, 5) is 1.96. The zero-order valence-corrected chi connectivity index (χ0v) is 12.2. The summed E-state index contributed by atoms with van der Waals surface area (Å²) in [5.74, 6) is 0. The van der Waals surface area contributed by atoms with E-state index < -0.39 is 0 Å². The fraction of sp³-hybridized carbons (Fsp3) is 0.133. The molecule has 0 aliphatic carbocycles. The van der Waals surface area contributed by atoms with Crippen LogP contribution in [0.15, 0.2) is 64.8 Å². The fourth-order valence-electron chi connectivity index (χ4n) is 2.21. The number of thiocarbonyl (C=S) groups is 1. The molecule has 0 fully saturated rings. The largest absolute Gasteiger partial charge is 0.291 e. The van der Waals surface area contributed by atoms with Crippen molar-refractivity contribution in [3.05, 3.63) is 65.2 Å². The number of benzene rings is 2. The van der Waals surface area contributed by atoms with Crippen molar-refractivity contribution < 1.29 is 0 Å². The zero-order valence-electron chi connectivity index (χ0n) is 10.6. The minimum Gasteiger partial charge on any atom is -0.291 e. The maximum atomic E-state index is 6.21. The Bertz CT molecular complexity index is 657. The third-order valence-corrected chi connectivity index (χ3v) is 3.82. The van der Waals surface area contributed by atoms with E-state index in [9.17, 15) is 0 Å². The van der Waals surface area contributed by atoms with Crippen molar-refractivity contribution >= 4 is 34.6 Å².